The second kappa shape index (κ2) is 9.53. The van der Waals surface area contributed by atoms with Crippen LogP contribution in [0.2, 0.25) is 0 Å². The highest BCUT2D eigenvalue weighted by Crippen LogP contribution is 2.22. The fraction of sp³-hybridized carbons (Fsp3) is 0.733. The van der Waals surface area contributed by atoms with Crippen molar-refractivity contribution in [1.82, 2.24) is 4.90 Å². The summed E-state index contributed by atoms with van der Waals surface area (Å²) < 4.78 is 9.39. The van der Waals surface area contributed by atoms with E-state index < -0.39 is 0 Å². The van der Waals surface area contributed by atoms with Gasteiger partial charge in [0.1, 0.15) is 0 Å². The van der Waals surface area contributed by atoms with Crippen LogP contribution in [0, 0.1) is 5.92 Å². The van der Waals surface area contributed by atoms with E-state index in [1.54, 1.807) is 0 Å². The van der Waals surface area contributed by atoms with E-state index in [2.05, 4.69) is 17.9 Å². The number of carbonyl (C=O) groups is 2. The van der Waals surface area contributed by atoms with Gasteiger partial charge in [0.05, 0.1) is 27.1 Å². The van der Waals surface area contributed by atoms with Gasteiger partial charge in [0.15, 0.2) is 0 Å². The third-order valence-corrected chi connectivity index (χ3v) is 3.46. The number of rotatable bonds is 8. The zero-order valence-electron chi connectivity index (χ0n) is 13.4. The SMILES string of the molecule is CCC(/C=C(\C)C(CC(=O)OC)CC(=O)OC)N(C)C. The maximum Gasteiger partial charge on any atom is 0.306 e. The van der Waals surface area contributed by atoms with Gasteiger partial charge in [0.25, 0.3) is 0 Å². The Morgan fingerprint density at radius 1 is 1.10 bits per heavy atom. The van der Waals surface area contributed by atoms with E-state index in [0.29, 0.717) is 0 Å². The molecule has 0 aliphatic rings. The first-order chi connectivity index (χ1) is 9.35. The van der Waals surface area contributed by atoms with Crippen LogP contribution in [0.25, 0.3) is 0 Å². The summed E-state index contributed by atoms with van der Waals surface area (Å²) in [5, 5.41) is 0. The van der Waals surface area contributed by atoms with E-state index in [1.165, 1.54) is 14.2 Å². The molecule has 0 aromatic carbocycles. The third-order valence-electron chi connectivity index (χ3n) is 3.46. The van der Waals surface area contributed by atoms with Gasteiger partial charge in [0.2, 0.25) is 0 Å². The molecule has 0 rings (SSSR count). The molecule has 0 aliphatic carbocycles. The minimum atomic E-state index is -0.315. The maximum atomic E-state index is 11.5. The van der Waals surface area contributed by atoms with Crippen molar-refractivity contribution in [3.8, 4) is 0 Å². The molecule has 0 bridgehead atoms. The molecule has 0 aliphatic heterocycles. The molecule has 0 aromatic heterocycles. The van der Waals surface area contributed by atoms with E-state index in [-0.39, 0.29) is 36.7 Å². The van der Waals surface area contributed by atoms with E-state index in [0.717, 1.165) is 12.0 Å². The molecule has 0 heterocycles. The summed E-state index contributed by atoms with van der Waals surface area (Å²) in [6.07, 6.45) is 3.46. The number of hydrogen-bond donors (Lipinski definition) is 0. The lowest BCUT2D eigenvalue weighted by Gasteiger charge is -2.23. The van der Waals surface area contributed by atoms with Gasteiger partial charge in [-0.1, -0.05) is 18.6 Å². The van der Waals surface area contributed by atoms with Gasteiger partial charge >= 0.3 is 11.9 Å². The summed E-state index contributed by atoms with van der Waals surface area (Å²) in [6.45, 7) is 4.05. The summed E-state index contributed by atoms with van der Waals surface area (Å²) in [4.78, 5) is 25.1. The Labute approximate surface area is 121 Å². The Kier molecular flexibility index (Phi) is 8.88. The van der Waals surface area contributed by atoms with Gasteiger partial charge < -0.3 is 14.4 Å². The van der Waals surface area contributed by atoms with Crippen molar-refractivity contribution >= 4 is 11.9 Å². The van der Waals surface area contributed by atoms with Crippen molar-refractivity contribution in [2.24, 2.45) is 5.92 Å². The smallest absolute Gasteiger partial charge is 0.306 e. The number of esters is 2. The number of likely N-dealkylation sites (N-methyl/N-ethyl adjacent to an activating group) is 1. The molecular formula is C15H27NO4. The predicted molar refractivity (Wildman–Crippen MR) is 78.3 cm³/mol. The zero-order chi connectivity index (χ0) is 15.7. The number of allylic oxidation sites excluding steroid dienone is 1. The Balaban J connectivity index is 5.02. The van der Waals surface area contributed by atoms with Crippen LogP contribution in [0.15, 0.2) is 11.6 Å². The third kappa shape index (κ3) is 6.70. The summed E-state index contributed by atoms with van der Waals surface area (Å²) in [5.41, 5.74) is 1.02. The number of hydrogen-bond acceptors (Lipinski definition) is 5. The molecule has 5 nitrogen and oxygen atoms in total. The monoisotopic (exact) mass is 285 g/mol. The Morgan fingerprint density at radius 3 is 1.85 bits per heavy atom. The second-order valence-electron chi connectivity index (χ2n) is 5.11. The molecule has 1 unspecified atom stereocenters. The number of methoxy groups -OCH3 is 2. The second-order valence-corrected chi connectivity index (χ2v) is 5.11. The Bertz CT molecular complexity index is 332. The summed E-state index contributed by atoms with van der Waals surface area (Å²) in [7, 11) is 6.72. The van der Waals surface area contributed by atoms with Gasteiger partial charge in [0, 0.05) is 12.0 Å². The first-order valence-electron chi connectivity index (χ1n) is 6.84. The van der Waals surface area contributed by atoms with Gasteiger partial charge in [-0.2, -0.15) is 0 Å². The lowest BCUT2D eigenvalue weighted by Crippen LogP contribution is -2.26. The summed E-state index contributed by atoms with van der Waals surface area (Å²) >= 11 is 0. The highest BCUT2D eigenvalue weighted by atomic mass is 16.5. The standard InChI is InChI=1S/C15H27NO4/c1-7-13(16(3)4)8-11(2)12(9-14(17)19-5)10-15(18)20-6/h8,12-13H,7,9-10H2,1-6H3/b11-8+. The lowest BCUT2D eigenvalue weighted by atomic mass is 9.91. The van der Waals surface area contributed by atoms with Crippen LogP contribution in [0.5, 0.6) is 0 Å². The Morgan fingerprint density at radius 2 is 1.55 bits per heavy atom. The first-order valence-corrected chi connectivity index (χ1v) is 6.84. The summed E-state index contributed by atoms with van der Waals surface area (Å²) in [6, 6.07) is 0.285. The first kappa shape index (κ1) is 18.6. The molecule has 116 valence electrons. The normalized spacial score (nSPS) is 13.5. The average molecular weight is 285 g/mol. The van der Waals surface area contributed by atoms with Crippen molar-refractivity contribution in [2.45, 2.75) is 39.2 Å². The zero-order valence-corrected chi connectivity index (χ0v) is 13.4. The van der Waals surface area contributed by atoms with Crippen molar-refractivity contribution in [3.63, 3.8) is 0 Å². The highest BCUT2D eigenvalue weighted by Gasteiger charge is 2.21. The van der Waals surface area contributed by atoms with Gasteiger partial charge in [-0.15, -0.1) is 0 Å². The fourth-order valence-electron chi connectivity index (χ4n) is 2.03. The predicted octanol–water partition coefficient (Wildman–Crippen LogP) is 2.02. The highest BCUT2D eigenvalue weighted by molar-refractivity contribution is 5.73. The summed E-state index contributed by atoms with van der Waals surface area (Å²) in [5.74, 6) is -0.807. The maximum absolute atomic E-state index is 11.5. The molecule has 0 spiro atoms. The molecular weight excluding hydrogens is 258 g/mol. The van der Waals surface area contributed by atoms with Crippen LogP contribution in [0.4, 0.5) is 0 Å². The molecule has 0 radical (unpaired) electrons. The fourth-order valence-corrected chi connectivity index (χ4v) is 2.03. The molecule has 0 fully saturated rings. The van der Waals surface area contributed by atoms with Crippen molar-refractivity contribution in [1.29, 1.82) is 0 Å². The molecule has 5 heteroatoms. The topological polar surface area (TPSA) is 55.8 Å². The number of ether oxygens (including phenoxy) is 2. The largest absolute Gasteiger partial charge is 0.469 e. The number of nitrogens with zero attached hydrogens (tertiary/aromatic N) is 1. The van der Waals surface area contributed by atoms with Gasteiger partial charge in [-0.25, -0.2) is 0 Å². The Hall–Kier alpha value is -1.36. The van der Waals surface area contributed by atoms with Crippen molar-refractivity contribution in [3.05, 3.63) is 11.6 Å². The lowest BCUT2D eigenvalue weighted by molar-refractivity contribution is -0.143. The molecule has 1 atom stereocenters. The molecule has 0 amide bonds. The quantitative estimate of drug-likeness (QED) is 0.504. The van der Waals surface area contributed by atoms with E-state index in [9.17, 15) is 9.59 Å². The molecule has 20 heavy (non-hydrogen) atoms. The van der Waals surface area contributed by atoms with E-state index in [1.807, 2.05) is 21.0 Å². The van der Waals surface area contributed by atoms with Crippen LogP contribution in [-0.2, 0) is 19.1 Å². The van der Waals surface area contributed by atoms with E-state index >= 15 is 0 Å². The van der Waals surface area contributed by atoms with Gasteiger partial charge in [-0.05, 0) is 27.4 Å². The van der Waals surface area contributed by atoms with Crippen LogP contribution >= 0.6 is 0 Å². The van der Waals surface area contributed by atoms with Crippen LogP contribution < -0.4 is 0 Å². The van der Waals surface area contributed by atoms with Crippen LogP contribution in [0.3, 0.4) is 0 Å². The molecule has 0 saturated heterocycles. The van der Waals surface area contributed by atoms with Crippen LogP contribution in [-0.4, -0.2) is 51.2 Å². The molecule has 0 N–H and O–H groups in total. The number of carbonyl (C=O) groups excluding carboxylic acids is 2. The average Bonchev–Trinajstić information content (AvgIpc) is 2.42. The van der Waals surface area contributed by atoms with Crippen molar-refractivity contribution in [2.75, 3.05) is 28.3 Å². The molecule has 0 saturated carbocycles. The van der Waals surface area contributed by atoms with Crippen LogP contribution in [0.1, 0.15) is 33.1 Å². The minimum Gasteiger partial charge on any atom is -0.469 e. The molecule has 0 aromatic rings. The van der Waals surface area contributed by atoms with E-state index in [4.69, 9.17) is 9.47 Å². The minimum absolute atomic E-state index is 0.177. The van der Waals surface area contributed by atoms with Gasteiger partial charge in [-0.3, -0.25) is 9.59 Å². The van der Waals surface area contributed by atoms with Crippen molar-refractivity contribution < 1.29 is 19.1 Å².